The van der Waals surface area contributed by atoms with Crippen molar-refractivity contribution >= 4 is 5.78 Å². The number of benzene rings is 1. The fourth-order valence-corrected chi connectivity index (χ4v) is 5.53. The molecule has 172 valence electrons. The van der Waals surface area contributed by atoms with E-state index in [1.54, 1.807) is 6.92 Å². The molecule has 1 aromatic carbocycles. The molecule has 3 saturated heterocycles. The summed E-state index contributed by atoms with van der Waals surface area (Å²) in [5, 5.41) is 0. The largest absolute Gasteiger partial charge is 0.381 e. The molecular weight excluding hydrogens is 386 g/mol. The summed E-state index contributed by atoms with van der Waals surface area (Å²) in [6.45, 7) is 13.0. The Labute approximate surface area is 188 Å². The van der Waals surface area contributed by atoms with Gasteiger partial charge in [-0.05, 0) is 63.6 Å². The minimum absolute atomic E-state index is 0.142. The summed E-state index contributed by atoms with van der Waals surface area (Å²) in [6.07, 6.45) is 7.95. The summed E-state index contributed by atoms with van der Waals surface area (Å²) < 4.78 is 6.08. The van der Waals surface area contributed by atoms with Gasteiger partial charge < -0.3 is 9.64 Å². The number of carbonyl (C=O) groups excluding carboxylic acids is 1. The van der Waals surface area contributed by atoms with Gasteiger partial charge in [0.15, 0.2) is 5.78 Å². The molecule has 3 aliphatic rings. The molecule has 0 saturated carbocycles. The van der Waals surface area contributed by atoms with Crippen LogP contribution in [0.1, 0.15) is 61.4 Å². The third-order valence-corrected chi connectivity index (χ3v) is 7.42. The van der Waals surface area contributed by atoms with E-state index in [1.807, 2.05) is 12.1 Å². The van der Waals surface area contributed by atoms with Gasteiger partial charge in [0.25, 0.3) is 0 Å². The maximum absolute atomic E-state index is 11.5. The van der Waals surface area contributed by atoms with Gasteiger partial charge in [-0.1, -0.05) is 30.7 Å². The number of carbonyl (C=O) groups is 1. The van der Waals surface area contributed by atoms with Crippen LogP contribution in [0.2, 0.25) is 0 Å². The number of nitrogens with zero attached hydrogens (tertiary/aromatic N) is 3. The highest BCUT2D eigenvalue weighted by atomic mass is 16.5. The van der Waals surface area contributed by atoms with E-state index in [2.05, 4.69) is 26.8 Å². The lowest BCUT2D eigenvalue weighted by Gasteiger charge is -2.46. The van der Waals surface area contributed by atoms with E-state index in [0.717, 1.165) is 38.4 Å². The van der Waals surface area contributed by atoms with E-state index < -0.39 is 0 Å². The van der Waals surface area contributed by atoms with Crippen LogP contribution in [-0.2, 0) is 11.3 Å². The number of fused-ring (bicyclic) bond motifs is 1. The molecule has 0 spiro atoms. The maximum Gasteiger partial charge on any atom is 0.159 e. The lowest BCUT2D eigenvalue weighted by atomic mass is 9.91. The molecule has 5 heteroatoms. The van der Waals surface area contributed by atoms with Crippen molar-refractivity contribution in [3.63, 3.8) is 0 Å². The Bertz CT molecular complexity index is 686. The molecule has 1 aromatic rings. The van der Waals surface area contributed by atoms with Crippen LogP contribution in [0.25, 0.3) is 0 Å². The summed E-state index contributed by atoms with van der Waals surface area (Å²) >= 11 is 0. The van der Waals surface area contributed by atoms with Crippen LogP contribution in [0.5, 0.6) is 0 Å². The molecule has 5 nitrogen and oxygen atoms in total. The number of rotatable bonds is 9. The molecule has 3 fully saturated rings. The van der Waals surface area contributed by atoms with Crippen LogP contribution < -0.4 is 0 Å². The van der Waals surface area contributed by atoms with Gasteiger partial charge >= 0.3 is 0 Å². The number of ketones is 1. The highest BCUT2D eigenvalue weighted by Crippen LogP contribution is 2.26. The molecule has 0 bridgehead atoms. The third-order valence-electron chi connectivity index (χ3n) is 7.42. The number of piperidine rings is 2. The van der Waals surface area contributed by atoms with Crippen LogP contribution >= 0.6 is 0 Å². The number of likely N-dealkylation sites (tertiary alicyclic amines) is 1. The smallest absolute Gasteiger partial charge is 0.159 e. The first-order chi connectivity index (χ1) is 15.2. The van der Waals surface area contributed by atoms with E-state index in [1.165, 1.54) is 76.8 Å². The summed E-state index contributed by atoms with van der Waals surface area (Å²) in [7, 11) is 0. The Kier molecular flexibility index (Phi) is 8.54. The maximum atomic E-state index is 11.5. The molecule has 3 aliphatic heterocycles. The highest BCUT2D eigenvalue weighted by molar-refractivity contribution is 5.93. The third kappa shape index (κ3) is 6.85. The Hall–Kier alpha value is -1.27. The van der Waals surface area contributed by atoms with Crippen LogP contribution in [0, 0.1) is 5.92 Å². The Balaban J connectivity index is 1.12. The first-order valence-electron chi connectivity index (χ1n) is 12.5. The number of piperazine rings is 1. The molecule has 4 rings (SSSR count). The van der Waals surface area contributed by atoms with E-state index in [0.29, 0.717) is 12.0 Å². The van der Waals surface area contributed by atoms with Crippen molar-refractivity contribution in [1.29, 1.82) is 0 Å². The SMILES string of the molecule is CC(=O)c1ccc(CN2CCN3C[C@@H](COCCCN4CCCCC4)CC[C@H]3C2)cc1. The average molecular weight is 428 g/mol. The monoisotopic (exact) mass is 427 g/mol. The lowest BCUT2D eigenvalue weighted by Crippen LogP contribution is -2.56. The Morgan fingerprint density at radius 2 is 1.77 bits per heavy atom. The summed E-state index contributed by atoms with van der Waals surface area (Å²) in [4.78, 5) is 19.4. The van der Waals surface area contributed by atoms with Gasteiger partial charge in [0.05, 0.1) is 6.61 Å². The fourth-order valence-electron chi connectivity index (χ4n) is 5.53. The quantitative estimate of drug-likeness (QED) is 0.444. The molecule has 0 aliphatic carbocycles. The Morgan fingerprint density at radius 1 is 0.968 bits per heavy atom. The fraction of sp³-hybridized carbons (Fsp3) is 0.731. The molecule has 0 N–H and O–H groups in total. The minimum atomic E-state index is 0.142. The van der Waals surface area contributed by atoms with Crippen LogP contribution in [0.15, 0.2) is 24.3 Å². The van der Waals surface area contributed by atoms with E-state index in [-0.39, 0.29) is 5.78 Å². The lowest BCUT2D eigenvalue weighted by molar-refractivity contribution is -0.00316. The van der Waals surface area contributed by atoms with Gasteiger partial charge in [-0.15, -0.1) is 0 Å². The molecule has 3 heterocycles. The summed E-state index contributed by atoms with van der Waals surface area (Å²) in [5.74, 6) is 0.847. The van der Waals surface area contributed by atoms with Crippen molar-refractivity contribution in [2.45, 2.75) is 58.0 Å². The molecule has 31 heavy (non-hydrogen) atoms. The number of ether oxygens (including phenoxy) is 1. The van der Waals surface area contributed by atoms with Gasteiger partial charge in [0, 0.05) is 57.5 Å². The molecule has 0 amide bonds. The molecule has 0 radical (unpaired) electrons. The zero-order valence-corrected chi connectivity index (χ0v) is 19.4. The summed E-state index contributed by atoms with van der Waals surface area (Å²) in [5.41, 5.74) is 2.12. The van der Waals surface area contributed by atoms with Crippen molar-refractivity contribution in [1.82, 2.24) is 14.7 Å². The number of hydrogen-bond donors (Lipinski definition) is 0. The van der Waals surface area contributed by atoms with E-state index >= 15 is 0 Å². The van der Waals surface area contributed by atoms with E-state index in [4.69, 9.17) is 4.74 Å². The zero-order valence-electron chi connectivity index (χ0n) is 19.4. The number of Topliss-reactive ketones (excluding diaryl/α,β-unsaturated/α-hetero) is 1. The number of hydrogen-bond acceptors (Lipinski definition) is 5. The van der Waals surface area contributed by atoms with Crippen molar-refractivity contribution in [3.05, 3.63) is 35.4 Å². The van der Waals surface area contributed by atoms with Crippen molar-refractivity contribution in [3.8, 4) is 0 Å². The van der Waals surface area contributed by atoms with Crippen molar-refractivity contribution < 1.29 is 9.53 Å². The standard InChI is InChI=1S/C26H41N3O2/c1-22(30)25-9-6-23(7-10-25)18-28-15-16-29-19-24(8-11-26(29)20-28)21-31-17-5-14-27-12-3-2-4-13-27/h6-7,9-10,24,26H,2-5,8,11-21H2,1H3/t24-,26-/m0/s1. The van der Waals surface area contributed by atoms with Crippen molar-refractivity contribution in [2.24, 2.45) is 5.92 Å². The van der Waals surface area contributed by atoms with Gasteiger partial charge in [-0.2, -0.15) is 0 Å². The van der Waals surface area contributed by atoms with Crippen LogP contribution in [0.4, 0.5) is 0 Å². The molecule has 0 unspecified atom stereocenters. The zero-order chi connectivity index (χ0) is 21.5. The normalized spacial score (nSPS) is 26.0. The van der Waals surface area contributed by atoms with Crippen LogP contribution in [0.3, 0.4) is 0 Å². The second-order valence-corrected chi connectivity index (χ2v) is 9.91. The van der Waals surface area contributed by atoms with Crippen molar-refractivity contribution in [2.75, 3.05) is 59.0 Å². The predicted molar refractivity (Wildman–Crippen MR) is 126 cm³/mol. The molecular formula is C26H41N3O2. The summed E-state index contributed by atoms with van der Waals surface area (Å²) in [6, 6.07) is 8.85. The van der Waals surface area contributed by atoms with Gasteiger partial charge in [-0.3, -0.25) is 14.6 Å². The van der Waals surface area contributed by atoms with Gasteiger partial charge in [0.2, 0.25) is 0 Å². The van der Waals surface area contributed by atoms with Gasteiger partial charge in [0.1, 0.15) is 0 Å². The highest BCUT2D eigenvalue weighted by Gasteiger charge is 2.32. The first-order valence-corrected chi connectivity index (χ1v) is 12.5. The predicted octanol–water partition coefficient (Wildman–Crippen LogP) is 3.68. The Morgan fingerprint density at radius 3 is 2.55 bits per heavy atom. The van der Waals surface area contributed by atoms with E-state index in [9.17, 15) is 4.79 Å². The molecule has 0 aromatic heterocycles. The minimum Gasteiger partial charge on any atom is -0.381 e. The second kappa shape index (κ2) is 11.6. The first kappa shape index (κ1) is 22.9. The second-order valence-electron chi connectivity index (χ2n) is 9.91. The topological polar surface area (TPSA) is 36.0 Å². The average Bonchev–Trinajstić information content (AvgIpc) is 2.80. The van der Waals surface area contributed by atoms with Gasteiger partial charge in [-0.25, -0.2) is 0 Å². The van der Waals surface area contributed by atoms with Crippen LogP contribution in [-0.4, -0.2) is 85.6 Å². The molecule has 2 atom stereocenters.